The van der Waals surface area contributed by atoms with Crippen LogP contribution in [0.3, 0.4) is 0 Å². The molecule has 2 rings (SSSR count). The Morgan fingerprint density at radius 2 is 2.31 bits per heavy atom. The van der Waals surface area contributed by atoms with Crippen LogP contribution in [0.25, 0.3) is 0 Å². The van der Waals surface area contributed by atoms with E-state index in [-0.39, 0.29) is 0 Å². The van der Waals surface area contributed by atoms with E-state index in [2.05, 4.69) is 16.7 Å². The van der Waals surface area contributed by atoms with E-state index in [0.29, 0.717) is 11.6 Å². The summed E-state index contributed by atoms with van der Waals surface area (Å²) >= 11 is 0. The van der Waals surface area contributed by atoms with E-state index in [1.165, 1.54) is 19.3 Å². The zero-order chi connectivity index (χ0) is 11.2. The molecular formula is C13H17N3. The van der Waals surface area contributed by atoms with Gasteiger partial charge in [-0.25, -0.2) is 0 Å². The summed E-state index contributed by atoms with van der Waals surface area (Å²) in [6, 6.07) is 10.3. The topological polar surface area (TPSA) is 47.9 Å². The van der Waals surface area contributed by atoms with Crippen molar-refractivity contribution in [2.75, 3.05) is 18.4 Å². The van der Waals surface area contributed by atoms with Crippen molar-refractivity contribution < 1.29 is 0 Å². The molecule has 1 unspecified atom stereocenters. The van der Waals surface area contributed by atoms with Gasteiger partial charge in [0.15, 0.2) is 0 Å². The normalized spacial score (nSPS) is 20.8. The minimum absolute atomic E-state index is 0.483. The zero-order valence-corrected chi connectivity index (χ0v) is 9.37. The third-order valence-corrected chi connectivity index (χ3v) is 2.91. The van der Waals surface area contributed by atoms with Crippen molar-refractivity contribution in [2.45, 2.75) is 25.3 Å². The lowest BCUT2D eigenvalue weighted by Crippen LogP contribution is -2.30. The summed E-state index contributed by atoms with van der Waals surface area (Å²) in [5, 5.41) is 15.7. The summed E-state index contributed by atoms with van der Waals surface area (Å²) in [6.07, 6.45) is 3.73. The van der Waals surface area contributed by atoms with Gasteiger partial charge in [0, 0.05) is 18.3 Å². The Bertz CT molecular complexity index is 373. The summed E-state index contributed by atoms with van der Waals surface area (Å²) < 4.78 is 0. The Kier molecular flexibility index (Phi) is 3.79. The summed E-state index contributed by atoms with van der Waals surface area (Å²) in [4.78, 5) is 0. The Morgan fingerprint density at radius 1 is 1.38 bits per heavy atom. The minimum Gasteiger partial charge on any atom is -0.381 e. The molecule has 1 atom stereocenters. The van der Waals surface area contributed by atoms with Crippen LogP contribution in [-0.2, 0) is 0 Å². The lowest BCUT2D eigenvalue weighted by atomic mass is 10.1. The first-order valence-corrected chi connectivity index (χ1v) is 5.86. The molecule has 0 aliphatic carbocycles. The molecule has 1 aliphatic rings. The second-order valence-corrected chi connectivity index (χ2v) is 4.23. The van der Waals surface area contributed by atoms with Crippen LogP contribution in [0.5, 0.6) is 0 Å². The van der Waals surface area contributed by atoms with E-state index in [4.69, 9.17) is 5.26 Å². The van der Waals surface area contributed by atoms with E-state index in [9.17, 15) is 0 Å². The molecule has 0 aromatic heterocycles. The Hall–Kier alpha value is -1.53. The predicted octanol–water partition coefficient (Wildman–Crippen LogP) is 2.11. The molecule has 1 fully saturated rings. The van der Waals surface area contributed by atoms with Gasteiger partial charge in [-0.15, -0.1) is 0 Å². The molecule has 1 aliphatic heterocycles. The number of anilines is 1. The smallest absolute Gasteiger partial charge is 0.0992 e. The second kappa shape index (κ2) is 5.53. The summed E-state index contributed by atoms with van der Waals surface area (Å²) in [5.74, 6) is 0. The lowest BCUT2D eigenvalue weighted by Gasteiger charge is -2.17. The van der Waals surface area contributed by atoms with Crippen LogP contribution in [0.4, 0.5) is 5.69 Å². The van der Waals surface area contributed by atoms with Crippen molar-refractivity contribution in [1.82, 2.24) is 5.32 Å². The summed E-state index contributed by atoms with van der Waals surface area (Å²) in [6.45, 7) is 2.13. The highest BCUT2D eigenvalue weighted by atomic mass is 15.0. The highest BCUT2D eigenvalue weighted by Crippen LogP contribution is 2.14. The van der Waals surface area contributed by atoms with E-state index >= 15 is 0 Å². The van der Waals surface area contributed by atoms with Gasteiger partial charge in [0.25, 0.3) is 0 Å². The average molecular weight is 215 g/mol. The number of nitriles is 1. The number of nitrogens with zero attached hydrogens (tertiary/aromatic N) is 1. The van der Waals surface area contributed by atoms with Gasteiger partial charge in [-0.3, -0.25) is 0 Å². The second-order valence-electron chi connectivity index (χ2n) is 4.23. The third kappa shape index (κ3) is 2.98. The fourth-order valence-corrected chi connectivity index (χ4v) is 2.06. The van der Waals surface area contributed by atoms with Crippen LogP contribution in [0.15, 0.2) is 24.3 Å². The quantitative estimate of drug-likeness (QED) is 0.794. The largest absolute Gasteiger partial charge is 0.381 e. The molecular weight excluding hydrogens is 198 g/mol. The Balaban J connectivity index is 1.99. The molecule has 0 saturated carbocycles. The SMILES string of the molecule is N#Cc1cccc(NC2CCCCNC2)c1. The first kappa shape index (κ1) is 11.0. The molecule has 2 N–H and O–H groups in total. The van der Waals surface area contributed by atoms with Gasteiger partial charge in [-0.2, -0.15) is 5.26 Å². The molecule has 1 heterocycles. The van der Waals surface area contributed by atoms with Crippen LogP contribution in [0, 0.1) is 11.3 Å². The first-order valence-electron chi connectivity index (χ1n) is 5.86. The molecule has 16 heavy (non-hydrogen) atoms. The molecule has 1 aromatic carbocycles. The number of hydrogen-bond acceptors (Lipinski definition) is 3. The number of hydrogen-bond donors (Lipinski definition) is 2. The van der Waals surface area contributed by atoms with Crippen molar-refractivity contribution in [3.05, 3.63) is 29.8 Å². The van der Waals surface area contributed by atoms with Crippen LogP contribution in [0.2, 0.25) is 0 Å². The highest BCUT2D eigenvalue weighted by Gasteiger charge is 2.11. The fraction of sp³-hybridized carbons (Fsp3) is 0.462. The Labute approximate surface area is 96.5 Å². The van der Waals surface area contributed by atoms with E-state index < -0.39 is 0 Å². The molecule has 1 saturated heterocycles. The molecule has 0 amide bonds. The molecule has 84 valence electrons. The highest BCUT2D eigenvalue weighted by molar-refractivity contribution is 5.49. The van der Waals surface area contributed by atoms with Crippen molar-refractivity contribution >= 4 is 5.69 Å². The fourth-order valence-electron chi connectivity index (χ4n) is 2.06. The van der Waals surface area contributed by atoms with E-state index in [1.807, 2.05) is 24.3 Å². The lowest BCUT2D eigenvalue weighted by molar-refractivity contribution is 0.636. The minimum atomic E-state index is 0.483. The molecule has 3 nitrogen and oxygen atoms in total. The third-order valence-electron chi connectivity index (χ3n) is 2.91. The first-order chi connectivity index (χ1) is 7.88. The van der Waals surface area contributed by atoms with Crippen LogP contribution in [0.1, 0.15) is 24.8 Å². The van der Waals surface area contributed by atoms with Crippen molar-refractivity contribution in [1.29, 1.82) is 5.26 Å². The summed E-state index contributed by atoms with van der Waals surface area (Å²) in [7, 11) is 0. The number of nitrogens with one attached hydrogen (secondary N) is 2. The van der Waals surface area contributed by atoms with Gasteiger partial charge in [-0.05, 0) is 37.6 Å². The monoisotopic (exact) mass is 215 g/mol. The Morgan fingerprint density at radius 3 is 3.19 bits per heavy atom. The van der Waals surface area contributed by atoms with Crippen molar-refractivity contribution in [3.63, 3.8) is 0 Å². The molecule has 3 heteroatoms. The molecule has 0 radical (unpaired) electrons. The zero-order valence-electron chi connectivity index (χ0n) is 9.37. The van der Waals surface area contributed by atoms with Gasteiger partial charge in [0.2, 0.25) is 0 Å². The average Bonchev–Trinajstić information content (AvgIpc) is 2.58. The molecule has 1 aromatic rings. The maximum absolute atomic E-state index is 8.82. The maximum atomic E-state index is 8.82. The maximum Gasteiger partial charge on any atom is 0.0992 e. The van der Waals surface area contributed by atoms with Gasteiger partial charge < -0.3 is 10.6 Å². The van der Waals surface area contributed by atoms with Crippen LogP contribution < -0.4 is 10.6 Å². The van der Waals surface area contributed by atoms with Gasteiger partial charge in [-0.1, -0.05) is 12.5 Å². The predicted molar refractivity (Wildman–Crippen MR) is 65.3 cm³/mol. The molecule has 0 bridgehead atoms. The van der Waals surface area contributed by atoms with E-state index in [1.54, 1.807) is 0 Å². The van der Waals surface area contributed by atoms with Crippen molar-refractivity contribution in [2.24, 2.45) is 0 Å². The standard InChI is InChI=1S/C13H17N3/c14-9-11-4-3-6-12(8-11)16-13-5-1-2-7-15-10-13/h3-4,6,8,13,15-16H,1-2,5,7,10H2. The molecule has 0 spiro atoms. The van der Waals surface area contributed by atoms with Gasteiger partial charge in [0.05, 0.1) is 11.6 Å². The number of rotatable bonds is 2. The van der Waals surface area contributed by atoms with Gasteiger partial charge in [0.1, 0.15) is 0 Å². The van der Waals surface area contributed by atoms with Crippen molar-refractivity contribution in [3.8, 4) is 6.07 Å². The van der Waals surface area contributed by atoms with Gasteiger partial charge >= 0.3 is 0 Å². The number of benzene rings is 1. The van der Waals surface area contributed by atoms with Crippen LogP contribution >= 0.6 is 0 Å². The van der Waals surface area contributed by atoms with Crippen LogP contribution in [-0.4, -0.2) is 19.1 Å². The summed E-state index contributed by atoms with van der Waals surface area (Å²) in [5.41, 5.74) is 1.76. The van der Waals surface area contributed by atoms with E-state index in [0.717, 1.165) is 18.8 Å².